The van der Waals surface area contributed by atoms with Crippen molar-refractivity contribution in [1.82, 2.24) is 9.80 Å². The lowest BCUT2D eigenvalue weighted by Gasteiger charge is -2.38. The second-order valence-corrected chi connectivity index (χ2v) is 6.59. The van der Waals surface area contributed by atoms with Crippen molar-refractivity contribution in [2.45, 2.75) is 37.7 Å². The molecule has 2 atom stereocenters. The van der Waals surface area contributed by atoms with Gasteiger partial charge in [-0.1, -0.05) is 0 Å². The molecule has 0 bridgehead atoms. The summed E-state index contributed by atoms with van der Waals surface area (Å²) in [6, 6.07) is 0. The van der Waals surface area contributed by atoms with Crippen molar-refractivity contribution in [3.63, 3.8) is 0 Å². The number of nitrogens with two attached hydrogens (primary N) is 1. The van der Waals surface area contributed by atoms with Crippen LogP contribution in [-0.4, -0.2) is 73.5 Å². The van der Waals surface area contributed by atoms with Gasteiger partial charge in [-0.2, -0.15) is 0 Å². The van der Waals surface area contributed by atoms with Crippen LogP contribution in [0.15, 0.2) is 0 Å². The zero-order chi connectivity index (χ0) is 17.0. The maximum atomic E-state index is 13.5. The number of morpholine rings is 1. The Bertz CT molecular complexity index is 448. The summed E-state index contributed by atoms with van der Waals surface area (Å²) in [7, 11) is 1.75. The van der Waals surface area contributed by atoms with E-state index >= 15 is 0 Å². The fourth-order valence-corrected chi connectivity index (χ4v) is 3.35. The summed E-state index contributed by atoms with van der Waals surface area (Å²) in [6.07, 6.45) is 0.202. The number of amides is 2. The Kier molecular flexibility index (Phi) is 5.91. The third-order valence-electron chi connectivity index (χ3n) is 4.38. The quantitative estimate of drug-likeness (QED) is 0.793. The van der Waals surface area contributed by atoms with Crippen LogP contribution in [0.4, 0.5) is 8.78 Å². The molecular weight excluding hydrogens is 308 g/mol. The molecule has 8 heteroatoms. The average molecular weight is 333 g/mol. The molecule has 6 nitrogen and oxygen atoms in total. The minimum atomic E-state index is -2.73. The van der Waals surface area contributed by atoms with Crippen LogP contribution in [0.3, 0.4) is 0 Å². The van der Waals surface area contributed by atoms with Crippen molar-refractivity contribution in [3.8, 4) is 0 Å². The molecular formula is C15H25F2N3O3. The predicted octanol–water partition coefficient (Wildman–Crippen LogP) is 0.456. The van der Waals surface area contributed by atoms with E-state index in [-0.39, 0.29) is 31.4 Å². The number of nitrogens with zero attached hydrogens (tertiary/aromatic N) is 2. The summed E-state index contributed by atoms with van der Waals surface area (Å²) in [6.45, 7) is 1.75. The fourth-order valence-electron chi connectivity index (χ4n) is 3.35. The van der Waals surface area contributed by atoms with Gasteiger partial charge in [-0.15, -0.1) is 0 Å². The molecule has 2 rings (SSSR count). The molecule has 1 aliphatic carbocycles. The molecule has 1 saturated heterocycles. The molecule has 2 aliphatic rings. The van der Waals surface area contributed by atoms with Crippen LogP contribution in [-0.2, 0) is 14.3 Å². The van der Waals surface area contributed by atoms with Gasteiger partial charge in [0.25, 0.3) is 0 Å². The third kappa shape index (κ3) is 5.39. The zero-order valence-corrected chi connectivity index (χ0v) is 13.5. The SMILES string of the molecule is CN(CC(N)=O)C[C@@H]1CN(C(=O)[C@H]2CCCC(F)(F)C2)CCO1. The molecule has 1 saturated carbocycles. The number of halogens is 2. The Balaban J connectivity index is 1.87. The fraction of sp³-hybridized carbons (Fsp3) is 0.867. The van der Waals surface area contributed by atoms with Gasteiger partial charge in [-0.25, -0.2) is 8.78 Å². The van der Waals surface area contributed by atoms with Crippen molar-refractivity contribution in [3.05, 3.63) is 0 Å². The van der Waals surface area contributed by atoms with Gasteiger partial charge in [0.2, 0.25) is 17.7 Å². The van der Waals surface area contributed by atoms with Gasteiger partial charge in [-0.05, 0) is 19.9 Å². The summed E-state index contributed by atoms with van der Waals surface area (Å²) < 4.78 is 32.6. The Morgan fingerprint density at radius 1 is 1.43 bits per heavy atom. The van der Waals surface area contributed by atoms with Gasteiger partial charge in [-0.3, -0.25) is 14.5 Å². The smallest absolute Gasteiger partial charge is 0.248 e. The first-order valence-corrected chi connectivity index (χ1v) is 8.02. The van der Waals surface area contributed by atoms with Crippen molar-refractivity contribution >= 4 is 11.8 Å². The largest absolute Gasteiger partial charge is 0.373 e. The Labute approximate surface area is 134 Å². The van der Waals surface area contributed by atoms with Crippen molar-refractivity contribution in [2.75, 3.05) is 39.8 Å². The molecule has 132 valence electrons. The highest BCUT2D eigenvalue weighted by atomic mass is 19.3. The van der Waals surface area contributed by atoms with E-state index in [0.29, 0.717) is 39.1 Å². The van der Waals surface area contributed by atoms with E-state index in [2.05, 4.69) is 0 Å². The second kappa shape index (κ2) is 7.53. The summed E-state index contributed by atoms with van der Waals surface area (Å²) >= 11 is 0. The van der Waals surface area contributed by atoms with Crippen LogP contribution in [0.25, 0.3) is 0 Å². The van der Waals surface area contributed by atoms with Gasteiger partial charge in [0.1, 0.15) is 0 Å². The first kappa shape index (κ1) is 18.1. The number of ether oxygens (including phenoxy) is 1. The van der Waals surface area contributed by atoms with Gasteiger partial charge in [0.15, 0.2) is 0 Å². The molecule has 2 amide bonds. The maximum absolute atomic E-state index is 13.5. The lowest BCUT2D eigenvalue weighted by atomic mass is 9.85. The molecule has 1 aliphatic heterocycles. The number of likely N-dealkylation sites (N-methyl/N-ethyl adjacent to an activating group) is 1. The monoisotopic (exact) mass is 333 g/mol. The number of hydrogen-bond acceptors (Lipinski definition) is 4. The normalized spacial score (nSPS) is 27.9. The highest BCUT2D eigenvalue weighted by Crippen LogP contribution is 2.37. The Morgan fingerprint density at radius 2 is 2.17 bits per heavy atom. The summed E-state index contributed by atoms with van der Waals surface area (Å²) in [4.78, 5) is 26.8. The molecule has 0 unspecified atom stereocenters. The first-order chi connectivity index (χ1) is 10.8. The zero-order valence-electron chi connectivity index (χ0n) is 13.5. The van der Waals surface area contributed by atoms with E-state index in [1.165, 1.54) is 0 Å². The van der Waals surface area contributed by atoms with E-state index in [1.54, 1.807) is 16.8 Å². The Morgan fingerprint density at radius 3 is 2.83 bits per heavy atom. The van der Waals surface area contributed by atoms with Crippen LogP contribution in [0, 0.1) is 5.92 Å². The van der Waals surface area contributed by atoms with Gasteiger partial charge in [0.05, 0.1) is 19.3 Å². The summed E-state index contributed by atoms with van der Waals surface area (Å²) in [5.74, 6) is -3.96. The standard InChI is InChI=1S/C15H25F2N3O3/c1-19(10-13(18)21)8-12-9-20(5-6-23-12)14(22)11-3-2-4-15(16,17)7-11/h11-12H,2-10H2,1H3,(H2,18,21)/t11-,12+/m0/s1. The first-order valence-electron chi connectivity index (χ1n) is 8.02. The van der Waals surface area contributed by atoms with E-state index in [0.717, 1.165) is 0 Å². The van der Waals surface area contributed by atoms with Crippen LogP contribution in [0.5, 0.6) is 0 Å². The van der Waals surface area contributed by atoms with Crippen LogP contribution in [0.1, 0.15) is 25.7 Å². The predicted molar refractivity (Wildman–Crippen MR) is 79.9 cm³/mol. The minimum Gasteiger partial charge on any atom is -0.373 e. The molecule has 1 heterocycles. The molecule has 0 radical (unpaired) electrons. The van der Waals surface area contributed by atoms with E-state index in [9.17, 15) is 18.4 Å². The topological polar surface area (TPSA) is 75.9 Å². The number of hydrogen-bond donors (Lipinski definition) is 1. The summed E-state index contributed by atoms with van der Waals surface area (Å²) in [5, 5.41) is 0. The van der Waals surface area contributed by atoms with E-state index in [1.807, 2.05) is 0 Å². The van der Waals surface area contributed by atoms with Crippen molar-refractivity contribution < 1.29 is 23.1 Å². The number of alkyl halides is 2. The highest BCUT2D eigenvalue weighted by Gasteiger charge is 2.41. The summed E-state index contributed by atoms with van der Waals surface area (Å²) in [5.41, 5.74) is 5.14. The number of carbonyl (C=O) groups is 2. The molecule has 2 N–H and O–H groups in total. The molecule has 23 heavy (non-hydrogen) atoms. The number of carbonyl (C=O) groups excluding carboxylic acids is 2. The third-order valence-corrected chi connectivity index (χ3v) is 4.38. The lowest BCUT2D eigenvalue weighted by molar-refractivity contribution is -0.150. The highest BCUT2D eigenvalue weighted by molar-refractivity contribution is 5.79. The molecule has 2 fully saturated rings. The molecule has 0 aromatic carbocycles. The van der Waals surface area contributed by atoms with Gasteiger partial charge in [0, 0.05) is 38.4 Å². The van der Waals surface area contributed by atoms with Crippen molar-refractivity contribution in [2.24, 2.45) is 11.7 Å². The number of rotatable bonds is 5. The maximum Gasteiger partial charge on any atom is 0.248 e. The average Bonchev–Trinajstić information content (AvgIpc) is 2.44. The van der Waals surface area contributed by atoms with Gasteiger partial charge < -0.3 is 15.4 Å². The molecule has 0 aromatic rings. The molecule has 0 spiro atoms. The minimum absolute atomic E-state index is 0.114. The van der Waals surface area contributed by atoms with Crippen LogP contribution < -0.4 is 5.73 Å². The number of primary amides is 1. The van der Waals surface area contributed by atoms with Crippen molar-refractivity contribution in [1.29, 1.82) is 0 Å². The van der Waals surface area contributed by atoms with E-state index in [4.69, 9.17) is 10.5 Å². The van der Waals surface area contributed by atoms with Crippen LogP contribution >= 0.6 is 0 Å². The lowest BCUT2D eigenvalue weighted by Crippen LogP contribution is -2.52. The second-order valence-electron chi connectivity index (χ2n) is 6.59. The Hall–Kier alpha value is -1.28. The van der Waals surface area contributed by atoms with E-state index < -0.39 is 17.7 Å². The molecule has 0 aromatic heterocycles. The van der Waals surface area contributed by atoms with Crippen LogP contribution in [0.2, 0.25) is 0 Å². The van der Waals surface area contributed by atoms with Gasteiger partial charge >= 0.3 is 0 Å².